The van der Waals surface area contributed by atoms with E-state index in [0.717, 1.165) is 6.54 Å². The van der Waals surface area contributed by atoms with E-state index in [2.05, 4.69) is 31.2 Å². The van der Waals surface area contributed by atoms with Crippen LogP contribution in [0.5, 0.6) is 0 Å². The molecule has 0 aliphatic rings. The third-order valence-electron chi connectivity index (χ3n) is 1.42. The zero-order valence-electron chi connectivity index (χ0n) is 7.86. The molecule has 0 aromatic heterocycles. The topological polar surface area (TPSA) is 12.0 Å². The summed E-state index contributed by atoms with van der Waals surface area (Å²) >= 11 is 0. The van der Waals surface area contributed by atoms with Gasteiger partial charge in [-0.3, -0.25) is 5.32 Å². The summed E-state index contributed by atoms with van der Waals surface area (Å²) in [7, 11) is 0. The van der Waals surface area contributed by atoms with Gasteiger partial charge in [-0.05, 0) is 27.7 Å². The molecule has 0 heterocycles. The Morgan fingerprint density at radius 3 is 2.45 bits per heavy atom. The molecule has 11 heavy (non-hydrogen) atoms. The molecule has 0 atom stereocenters. The van der Waals surface area contributed by atoms with E-state index < -0.39 is 0 Å². The van der Waals surface area contributed by atoms with Crippen molar-refractivity contribution in [3.05, 3.63) is 11.6 Å². The summed E-state index contributed by atoms with van der Waals surface area (Å²) in [4.78, 5) is 0. The summed E-state index contributed by atoms with van der Waals surface area (Å²) in [6.07, 6.45) is 7.41. The van der Waals surface area contributed by atoms with Crippen LogP contribution in [0.4, 0.5) is 0 Å². The number of hydrogen-bond donors (Lipinski definition) is 1. The van der Waals surface area contributed by atoms with Gasteiger partial charge in [0.15, 0.2) is 0 Å². The van der Waals surface area contributed by atoms with Gasteiger partial charge in [0.05, 0.1) is 5.54 Å². The predicted molar refractivity (Wildman–Crippen MR) is 50.3 cm³/mol. The smallest absolute Gasteiger partial charge is 0.0743 e. The monoisotopic (exact) mass is 151 g/mol. The predicted octanol–water partition coefficient (Wildman–Crippen LogP) is 1.95. The Morgan fingerprint density at radius 2 is 2.09 bits per heavy atom. The molecule has 0 bridgehead atoms. The van der Waals surface area contributed by atoms with Crippen LogP contribution in [-0.2, 0) is 0 Å². The van der Waals surface area contributed by atoms with Crippen LogP contribution in [0.3, 0.4) is 0 Å². The van der Waals surface area contributed by atoms with Crippen molar-refractivity contribution in [3.63, 3.8) is 0 Å². The molecule has 0 aliphatic carbocycles. The standard InChI is InChI=1S/C10H17N/c1-6-10(4,5)11-8-7-9(2)3/h1,7,11H,8H2,2-5H3. The van der Waals surface area contributed by atoms with Crippen LogP contribution in [0.15, 0.2) is 11.6 Å². The van der Waals surface area contributed by atoms with Crippen molar-refractivity contribution in [1.29, 1.82) is 0 Å². The Labute approximate surface area is 69.9 Å². The molecule has 0 rings (SSSR count). The van der Waals surface area contributed by atoms with Gasteiger partial charge in [-0.2, -0.15) is 0 Å². The summed E-state index contributed by atoms with van der Waals surface area (Å²) in [6.45, 7) is 8.98. The lowest BCUT2D eigenvalue weighted by Gasteiger charge is -2.18. The Morgan fingerprint density at radius 1 is 1.55 bits per heavy atom. The van der Waals surface area contributed by atoms with Gasteiger partial charge >= 0.3 is 0 Å². The fourth-order valence-corrected chi connectivity index (χ4v) is 0.561. The lowest BCUT2D eigenvalue weighted by molar-refractivity contribution is 0.522. The Kier molecular flexibility index (Phi) is 3.92. The summed E-state index contributed by atoms with van der Waals surface area (Å²) in [5, 5.41) is 3.23. The van der Waals surface area contributed by atoms with Gasteiger partial charge in [-0.1, -0.05) is 17.6 Å². The van der Waals surface area contributed by atoms with Crippen molar-refractivity contribution in [2.75, 3.05) is 6.54 Å². The van der Waals surface area contributed by atoms with Crippen molar-refractivity contribution in [2.45, 2.75) is 33.2 Å². The van der Waals surface area contributed by atoms with Crippen molar-refractivity contribution in [1.82, 2.24) is 5.32 Å². The number of allylic oxidation sites excluding steroid dienone is 1. The Balaban J connectivity index is 3.74. The third kappa shape index (κ3) is 5.69. The SMILES string of the molecule is C#CC(C)(C)NCC=C(C)C. The highest BCUT2D eigenvalue weighted by atomic mass is 14.9. The lowest BCUT2D eigenvalue weighted by atomic mass is 10.1. The van der Waals surface area contributed by atoms with E-state index in [0.29, 0.717) is 0 Å². The van der Waals surface area contributed by atoms with Gasteiger partial charge in [-0.15, -0.1) is 6.42 Å². The number of nitrogens with one attached hydrogen (secondary N) is 1. The highest BCUT2D eigenvalue weighted by molar-refractivity contribution is 5.08. The van der Waals surface area contributed by atoms with Gasteiger partial charge < -0.3 is 0 Å². The van der Waals surface area contributed by atoms with Crippen LogP contribution < -0.4 is 5.32 Å². The molecular formula is C10H17N. The molecule has 0 aromatic rings. The second-order valence-electron chi connectivity index (χ2n) is 3.43. The molecule has 0 amide bonds. The number of rotatable bonds is 3. The van der Waals surface area contributed by atoms with Gasteiger partial charge in [0.25, 0.3) is 0 Å². The summed E-state index contributed by atoms with van der Waals surface area (Å²) < 4.78 is 0. The Bertz CT molecular complexity index is 178. The molecule has 62 valence electrons. The van der Waals surface area contributed by atoms with E-state index in [1.807, 2.05) is 13.8 Å². The molecule has 0 spiro atoms. The molecular weight excluding hydrogens is 134 g/mol. The van der Waals surface area contributed by atoms with E-state index in [9.17, 15) is 0 Å². The lowest BCUT2D eigenvalue weighted by Crippen LogP contribution is -2.37. The first kappa shape index (κ1) is 10.3. The average Bonchev–Trinajstić information content (AvgIpc) is 1.87. The normalized spacial score (nSPS) is 10.5. The van der Waals surface area contributed by atoms with E-state index in [1.165, 1.54) is 5.57 Å². The van der Waals surface area contributed by atoms with Gasteiger partial charge in [0, 0.05) is 6.54 Å². The van der Waals surface area contributed by atoms with Crippen molar-refractivity contribution in [2.24, 2.45) is 0 Å². The highest BCUT2D eigenvalue weighted by Crippen LogP contribution is 1.98. The number of hydrogen-bond acceptors (Lipinski definition) is 1. The Hall–Kier alpha value is -0.740. The maximum atomic E-state index is 5.29. The van der Waals surface area contributed by atoms with Crippen molar-refractivity contribution < 1.29 is 0 Å². The van der Waals surface area contributed by atoms with Crippen LogP contribution in [0, 0.1) is 12.3 Å². The maximum absolute atomic E-state index is 5.29. The van der Waals surface area contributed by atoms with Crippen LogP contribution in [0.1, 0.15) is 27.7 Å². The third-order valence-corrected chi connectivity index (χ3v) is 1.42. The van der Waals surface area contributed by atoms with Gasteiger partial charge in [-0.25, -0.2) is 0 Å². The molecule has 1 heteroatoms. The maximum Gasteiger partial charge on any atom is 0.0743 e. The summed E-state index contributed by atoms with van der Waals surface area (Å²) in [5.41, 5.74) is 1.12. The molecule has 0 aromatic carbocycles. The first-order valence-electron chi connectivity index (χ1n) is 3.84. The minimum Gasteiger partial charge on any atom is -0.298 e. The fraction of sp³-hybridized carbons (Fsp3) is 0.600. The minimum atomic E-state index is -0.189. The number of terminal acetylenes is 1. The summed E-state index contributed by atoms with van der Waals surface area (Å²) in [6, 6.07) is 0. The molecule has 0 saturated carbocycles. The first-order valence-corrected chi connectivity index (χ1v) is 3.84. The van der Waals surface area contributed by atoms with Crippen molar-refractivity contribution in [3.8, 4) is 12.3 Å². The van der Waals surface area contributed by atoms with E-state index >= 15 is 0 Å². The molecule has 0 radical (unpaired) electrons. The van der Waals surface area contributed by atoms with E-state index in [4.69, 9.17) is 6.42 Å². The summed E-state index contributed by atoms with van der Waals surface area (Å²) in [5.74, 6) is 2.67. The fourth-order valence-electron chi connectivity index (χ4n) is 0.561. The zero-order chi connectivity index (χ0) is 8.91. The molecule has 0 unspecified atom stereocenters. The van der Waals surface area contributed by atoms with Crippen LogP contribution in [-0.4, -0.2) is 12.1 Å². The highest BCUT2D eigenvalue weighted by Gasteiger charge is 2.09. The average molecular weight is 151 g/mol. The molecule has 0 aliphatic heterocycles. The first-order chi connectivity index (χ1) is 4.98. The second-order valence-corrected chi connectivity index (χ2v) is 3.43. The second kappa shape index (κ2) is 4.20. The van der Waals surface area contributed by atoms with Crippen LogP contribution in [0.2, 0.25) is 0 Å². The van der Waals surface area contributed by atoms with Crippen LogP contribution in [0.25, 0.3) is 0 Å². The minimum absolute atomic E-state index is 0.189. The molecule has 0 fully saturated rings. The zero-order valence-corrected chi connectivity index (χ0v) is 7.86. The largest absolute Gasteiger partial charge is 0.298 e. The quantitative estimate of drug-likeness (QED) is 0.480. The van der Waals surface area contributed by atoms with Gasteiger partial charge in [0.1, 0.15) is 0 Å². The van der Waals surface area contributed by atoms with Gasteiger partial charge in [0.2, 0.25) is 0 Å². The van der Waals surface area contributed by atoms with E-state index in [-0.39, 0.29) is 5.54 Å². The molecule has 1 nitrogen and oxygen atoms in total. The van der Waals surface area contributed by atoms with E-state index in [1.54, 1.807) is 0 Å². The van der Waals surface area contributed by atoms with Crippen molar-refractivity contribution >= 4 is 0 Å². The molecule has 0 saturated heterocycles. The van der Waals surface area contributed by atoms with Crippen LogP contribution >= 0.6 is 0 Å². The molecule has 1 N–H and O–H groups in total.